The van der Waals surface area contributed by atoms with Gasteiger partial charge in [-0.25, -0.2) is 8.42 Å². The summed E-state index contributed by atoms with van der Waals surface area (Å²) in [5, 5.41) is 7.93. The molecular formula is C28H41N5O4S2. The van der Waals surface area contributed by atoms with Gasteiger partial charge in [-0.05, 0) is 68.6 Å². The number of nitrogens with zero attached hydrogens (tertiary/aromatic N) is 3. The highest BCUT2D eigenvalue weighted by Crippen LogP contribution is 2.41. The predicted octanol–water partition coefficient (Wildman–Crippen LogP) is 4.15. The van der Waals surface area contributed by atoms with E-state index in [9.17, 15) is 8.42 Å². The number of hydrazone groups is 1. The molecule has 2 N–H and O–H groups in total. The first-order chi connectivity index (χ1) is 18.6. The summed E-state index contributed by atoms with van der Waals surface area (Å²) in [5.41, 5.74) is 6.80. The van der Waals surface area contributed by atoms with E-state index in [4.69, 9.17) is 21.7 Å². The lowest BCUT2D eigenvalue weighted by atomic mass is 9.68. The maximum absolute atomic E-state index is 13.3. The Labute approximate surface area is 238 Å². The van der Waals surface area contributed by atoms with Gasteiger partial charge in [-0.2, -0.15) is 9.41 Å². The van der Waals surface area contributed by atoms with Gasteiger partial charge in [0.2, 0.25) is 10.0 Å². The smallest absolute Gasteiger partial charge is 0.243 e. The molecule has 0 bridgehead atoms. The second-order valence-electron chi connectivity index (χ2n) is 10.9. The van der Waals surface area contributed by atoms with E-state index in [0.29, 0.717) is 64.2 Å². The molecule has 39 heavy (non-hydrogen) atoms. The molecule has 2 heterocycles. The van der Waals surface area contributed by atoms with Crippen molar-refractivity contribution >= 4 is 44.4 Å². The maximum Gasteiger partial charge on any atom is 0.243 e. The van der Waals surface area contributed by atoms with Crippen LogP contribution in [0.5, 0.6) is 0 Å². The van der Waals surface area contributed by atoms with Gasteiger partial charge >= 0.3 is 0 Å². The molecule has 1 aromatic rings. The molecule has 0 amide bonds. The van der Waals surface area contributed by atoms with Gasteiger partial charge in [0.1, 0.15) is 0 Å². The molecule has 0 radical (unpaired) electrons. The van der Waals surface area contributed by atoms with Crippen molar-refractivity contribution in [2.24, 2.45) is 16.4 Å². The number of hydrogen-bond acceptors (Lipinski definition) is 7. The Kier molecular flexibility index (Phi) is 9.82. The monoisotopic (exact) mass is 575 g/mol. The topological polar surface area (TPSA) is 95.5 Å². The van der Waals surface area contributed by atoms with Crippen molar-refractivity contribution < 1.29 is 17.9 Å². The molecule has 11 heteroatoms. The average molecular weight is 576 g/mol. The Bertz CT molecular complexity index is 1230. The molecule has 1 aromatic carbocycles. The highest BCUT2D eigenvalue weighted by molar-refractivity contribution is 7.89. The van der Waals surface area contributed by atoms with Crippen LogP contribution in [0.2, 0.25) is 0 Å². The van der Waals surface area contributed by atoms with E-state index in [1.807, 2.05) is 19.1 Å². The minimum absolute atomic E-state index is 0.211. The molecule has 214 valence electrons. The van der Waals surface area contributed by atoms with E-state index in [1.54, 1.807) is 12.1 Å². The molecule has 1 unspecified atom stereocenters. The Morgan fingerprint density at radius 1 is 1.13 bits per heavy atom. The first kappa shape index (κ1) is 29.7. The van der Waals surface area contributed by atoms with Crippen LogP contribution in [0.25, 0.3) is 0 Å². The molecule has 2 saturated heterocycles. The third-order valence-corrected chi connectivity index (χ3v) is 9.71. The number of allylic oxidation sites excluding steroid dienone is 4. The molecule has 2 aliphatic heterocycles. The maximum atomic E-state index is 13.3. The summed E-state index contributed by atoms with van der Waals surface area (Å²) in [7, 11) is -3.66. The van der Waals surface area contributed by atoms with Gasteiger partial charge in [0.15, 0.2) is 5.11 Å². The van der Waals surface area contributed by atoms with Crippen molar-refractivity contribution in [3.05, 3.63) is 42.0 Å². The number of hydrogen-bond donors (Lipinski definition) is 2. The second kappa shape index (κ2) is 12.9. The van der Waals surface area contributed by atoms with Crippen LogP contribution in [0.3, 0.4) is 0 Å². The lowest BCUT2D eigenvalue weighted by Crippen LogP contribution is -2.40. The minimum atomic E-state index is -3.66. The van der Waals surface area contributed by atoms with E-state index in [1.165, 1.54) is 9.88 Å². The highest BCUT2D eigenvalue weighted by atomic mass is 32.2. The van der Waals surface area contributed by atoms with Crippen LogP contribution < -0.4 is 15.6 Å². The van der Waals surface area contributed by atoms with Crippen molar-refractivity contribution in [1.82, 2.24) is 9.73 Å². The normalized spacial score (nSPS) is 23.0. The molecule has 2 fully saturated rings. The van der Waals surface area contributed by atoms with Crippen molar-refractivity contribution in [3.63, 3.8) is 0 Å². The first-order valence-corrected chi connectivity index (χ1v) is 15.4. The number of anilines is 2. The number of benzene rings is 1. The Morgan fingerprint density at radius 3 is 2.46 bits per heavy atom. The fourth-order valence-electron chi connectivity index (χ4n) is 5.34. The van der Waals surface area contributed by atoms with Gasteiger partial charge in [0.25, 0.3) is 0 Å². The summed E-state index contributed by atoms with van der Waals surface area (Å²) in [5.74, 6) is 0.369. The lowest BCUT2D eigenvalue weighted by Gasteiger charge is -2.36. The lowest BCUT2D eigenvalue weighted by molar-refractivity contribution is 0.0730. The standard InChI is InChI=1S/C28H41N5O4S2/c1-21-6-5-11-28(3,4)24(21)9-7-22(2)30-31-27(38)29-25-20-23(39(34,35)33-14-18-37-19-15-33)8-10-26(25)32-12-16-36-17-13-32/h6-10,20,24H,5,11-19H2,1-4H3,(H2,29,31,38)/b9-7+,30-22+. The van der Waals surface area contributed by atoms with Crippen LogP contribution in [-0.2, 0) is 19.5 Å². The van der Waals surface area contributed by atoms with Crippen LogP contribution >= 0.6 is 12.2 Å². The third kappa shape index (κ3) is 7.46. The number of sulfonamides is 1. The number of ether oxygens (including phenoxy) is 2. The number of thiocarbonyl (C=S) groups is 1. The SMILES string of the molecule is CC1=CCCC(C)(C)C1/C=C/C(C)=N/NC(=S)Nc1cc(S(=O)(=O)N2CCOCC2)ccc1N1CCOCC1. The van der Waals surface area contributed by atoms with Crippen molar-refractivity contribution in [1.29, 1.82) is 0 Å². The largest absolute Gasteiger partial charge is 0.379 e. The van der Waals surface area contributed by atoms with E-state index < -0.39 is 10.0 Å². The van der Waals surface area contributed by atoms with Crippen molar-refractivity contribution in [2.75, 3.05) is 62.8 Å². The predicted molar refractivity (Wildman–Crippen MR) is 161 cm³/mol. The van der Waals surface area contributed by atoms with Gasteiger partial charge in [-0.3, -0.25) is 5.43 Å². The first-order valence-electron chi connectivity index (χ1n) is 13.6. The zero-order chi connectivity index (χ0) is 28.0. The zero-order valence-electron chi connectivity index (χ0n) is 23.4. The fourth-order valence-corrected chi connectivity index (χ4v) is 6.93. The molecule has 4 rings (SSSR count). The van der Waals surface area contributed by atoms with Gasteiger partial charge in [0.05, 0.1) is 48.4 Å². The van der Waals surface area contributed by atoms with Crippen LogP contribution in [0.1, 0.15) is 40.5 Å². The van der Waals surface area contributed by atoms with Crippen molar-refractivity contribution in [2.45, 2.75) is 45.4 Å². The van der Waals surface area contributed by atoms with E-state index in [-0.39, 0.29) is 15.4 Å². The Balaban J connectivity index is 1.50. The highest BCUT2D eigenvalue weighted by Gasteiger charge is 2.31. The molecule has 1 atom stereocenters. The molecule has 0 spiro atoms. The summed E-state index contributed by atoms with van der Waals surface area (Å²) in [4.78, 5) is 2.38. The van der Waals surface area contributed by atoms with Crippen LogP contribution in [0, 0.1) is 11.3 Å². The summed E-state index contributed by atoms with van der Waals surface area (Å²) >= 11 is 5.56. The number of morpholine rings is 2. The van der Waals surface area contributed by atoms with E-state index >= 15 is 0 Å². The quantitative estimate of drug-likeness (QED) is 0.217. The molecule has 0 aromatic heterocycles. The summed E-state index contributed by atoms with van der Waals surface area (Å²) < 4.78 is 39.0. The zero-order valence-corrected chi connectivity index (χ0v) is 25.0. The molecule has 9 nitrogen and oxygen atoms in total. The summed E-state index contributed by atoms with van der Waals surface area (Å²) in [6.45, 7) is 12.8. The van der Waals surface area contributed by atoms with Crippen LogP contribution in [-0.4, -0.2) is 76.2 Å². The Morgan fingerprint density at radius 2 is 1.79 bits per heavy atom. The second-order valence-corrected chi connectivity index (χ2v) is 13.3. The molecule has 0 saturated carbocycles. The Hall–Kier alpha value is -2.31. The van der Waals surface area contributed by atoms with E-state index in [2.05, 4.69) is 53.7 Å². The summed E-state index contributed by atoms with van der Waals surface area (Å²) in [6.07, 6.45) is 8.86. The van der Waals surface area contributed by atoms with Gasteiger partial charge in [0, 0.05) is 32.1 Å². The average Bonchev–Trinajstić information content (AvgIpc) is 2.92. The molecule has 3 aliphatic rings. The molecule has 1 aliphatic carbocycles. The number of rotatable bonds is 7. The van der Waals surface area contributed by atoms with Gasteiger partial charge < -0.3 is 19.7 Å². The van der Waals surface area contributed by atoms with E-state index in [0.717, 1.165) is 24.2 Å². The molecular weight excluding hydrogens is 534 g/mol. The minimum Gasteiger partial charge on any atom is -0.379 e. The van der Waals surface area contributed by atoms with Gasteiger partial charge in [-0.15, -0.1) is 0 Å². The van der Waals surface area contributed by atoms with Crippen LogP contribution in [0.4, 0.5) is 11.4 Å². The third-order valence-electron chi connectivity index (χ3n) is 7.63. The van der Waals surface area contributed by atoms with Crippen LogP contribution in [0.15, 0.2) is 52.0 Å². The summed E-state index contributed by atoms with van der Waals surface area (Å²) in [6, 6.07) is 5.15. The fraction of sp³-hybridized carbons (Fsp3) is 0.571. The van der Waals surface area contributed by atoms with Crippen molar-refractivity contribution in [3.8, 4) is 0 Å². The van der Waals surface area contributed by atoms with Gasteiger partial charge in [-0.1, -0.05) is 31.6 Å². The number of nitrogens with one attached hydrogen (secondary N) is 2.